The molecule has 0 unspecified atom stereocenters. The number of alkyl halides is 3. The van der Waals surface area contributed by atoms with Crippen LogP contribution in [0.2, 0.25) is 0 Å². The zero-order valence-electron chi connectivity index (χ0n) is 4.83. The van der Waals surface area contributed by atoms with Crippen LogP contribution in [0.1, 0.15) is 6.42 Å². The van der Waals surface area contributed by atoms with E-state index in [1.165, 1.54) is 11.4 Å². The van der Waals surface area contributed by atoms with Gasteiger partial charge in [-0.25, -0.2) is 5.32 Å². The average Bonchev–Trinajstić information content (AvgIpc) is 1.63. The molecule has 0 fully saturated rings. The molecule has 0 rings (SSSR count). The molecule has 54 valence electrons. The van der Waals surface area contributed by atoms with Gasteiger partial charge >= 0.3 is 6.30 Å². The fraction of sp³-hybridized carbons (Fsp3) is 0.600. The van der Waals surface area contributed by atoms with Gasteiger partial charge in [-0.2, -0.15) is 13.2 Å². The van der Waals surface area contributed by atoms with Crippen molar-refractivity contribution in [1.82, 2.24) is 5.32 Å². The van der Waals surface area contributed by atoms with E-state index in [1.807, 2.05) is 0 Å². The summed E-state index contributed by atoms with van der Waals surface area (Å²) in [6, 6.07) is 0. The highest BCUT2D eigenvalue weighted by molar-refractivity contribution is 4.67. The first kappa shape index (κ1) is 8.49. The summed E-state index contributed by atoms with van der Waals surface area (Å²) in [6.07, 6.45) is -2.48. The third-order valence-electron chi connectivity index (χ3n) is 0.674. The van der Waals surface area contributed by atoms with Crippen LogP contribution in [0.4, 0.5) is 13.2 Å². The Morgan fingerprint density at radius 3 is 2.33 bits per heavy atom. The lowest BCUT2D eigenvalue weighted by molar-refractivity contribution is -0.156. The predicted octanol–water partition coefficient (Wildman–Crippen LogP) is 1.67. The second-order valence-corrected chi connectivity index (χ2v) is 1.50. The van der Waals surface area contributed by atoms with Crippen LogP contribution in [-0.2, 0) is 0 Å². The fourth-order valence-corrected chi connectivity index (χ4v) is 0.316. The van der Waals surface area contributed by atoms with E-state index < -0.39 is 6.30 Å². The van der Waals surface area contributed by atoms with Crippen LogP contribution in [0.25, 0.3) is 0 Å². The van der Waals surface area contributed by atoms with Crippen LogP contribution < -0.4 is 5.32 Å². The first-order chi connectivity index (χ1) is 4.06. The van der Waals surface area contributed by atoms with E-state index in [1.54, 1.807) is 0 Å². The van der Waals surface area contributed by atoms with Crippen molar-refractivity contribution in [3.63, 3.8) is 0 Å². The van der Waals surface area contributed by atoms with Crippen molar-refractivity contribution >= 4 is 0 Å². The molecule has 4 heteroatoms. The summed E-state index contributed by atoms with van der Waals surface area (Å²) in [5.74, 6) is 0. The van der Waals surface area contributed by atoms with Gasteiger partial charge in [0.2, 0.25) is 0 Å². The maximum absolute atomic E-state index is 11.2. The summed E-state index contributed by atoms with van der Waals surface area (Å²) in [6.45, 7) is 3.18. The van der Waals surface area contributed by atoms with E-state index in [2.05, 4.69) is 6.58 Å². The van der Waals surface area contributed by atoms with Crippen molar-refractivity contribution in [3.05, 3.63) is 12.7 Å². The van der Waals surface area contributed by atoms with Gasteiger partial charge in [-0.15, -0.1) is 6.58 Å². The topological polar surface area (TPSA) is 12.0 Å². The maximum atomic E-state index is 11.2. The number of hydrogen-bond donors (Lipinski definition) is 1. The first-order valence-corrected chi connectivity index (χ1v) is 2.49. The van der Waals surface area contributed by atoms with Gasteiger partial charge in [0.25, 0.3) is 0 Å². The minimum absolute atomic E-state index is 0.0903. The summed E-state index contributed by atoms with van der Waals surface area (Å²) >= 11 is 0. The molecule has 1 N–H and O–H groups in total. The van der Waals surface area contributed by atoms with Crippen LogP contribution in [0.15, 0.2) is 12.7 Å². The third kappa shape index (κ3) is 7.49. The Morgan fingerprint density at radius 1 is 1.44 bits per heavy atom. The lowest BCUT2D eigenvalue weighted by atomic mass is 10.4. The highest BCUT2D eigenvalue weighted by atomic mass is 19.4. The molecule has 0 aromatic carbocycles. The van der Waals surface area contributed by atoms with Gasteiger partial charge in [-0.1, -0.05) is 6.08 Å². The molecule has 0 aliphatic heterocycles. The van der Waals surface area contributed by atoms with Gasteiger partial charge in [0.1, 0.15) is 0 Å². The number of halogens is 3. The summed E-state index contributed by atoms with van der Waals surface area (Å²) in [5, 5.41) is 1.35. The molecule has 9 heavy (non-hydrogen) atoms. The molecule has 0 saturated carbocycles. The Balaban J connectivity index is 3.17. The van der Waals surface area contributed by atoms with Crippen molar-refractivity contribution in [2.75, 3.05) is 6.54 Å². The van der Waals surface area contributed by atoms with Gasteiger partial charge < -0.3 is 0 Å². The van der Waals surface area contributed by atoms with Gasteiger partial charge in [-0.3, -0.25) is 0 Å². The lowest BCUT2D eigenvalue weighted by Gasteiger charge is -2.05. The molecule has 0 heterocycles. The van der Waals surface area contributed by atoms with Crippen molar-refractivity contribution in [3.8, 4) is 0 Å². The van der Waals surface area contributed by atoms with Gasteiger partial charge in [0.15, 0.2) is 0 Å². The fourth-order valence-electron chi connectivity index (χ4n) is 0.316. The van der Waals surface area contributed by atoms with Crippen LogP contribution in [-0.4, -0.2) is 12.8 Å². The number of hydrogen-bond acceptors (Lipinski definition) is 1. The largest absolute Gasteiger partial charge is 0.457 e. The smallest absolute Gasteiger partial charge is 0.228 e. The Labute approximate surface area is 51.6 Å². The van der Waals surface area contributed by atoms with Crippen molar-refractivity contribution in [2.24, 2.45) is 0 Å². The predicted molar refractivity (Wildman–Crippen MR) is 28.9 cm³/mol. The SMILES string of the molecule is C=CCCNC(F)(F)F. The maximum Gasteiger partial charge on any atom is 0.457 e. The van der Waals surface area contributed by atoms with E-state index in [0.29, 0.717) is 6.42 Å². The van der Waals surface area contributed by atoms with E-state index >= 15 is 0 Å². The van der Waals surface area contributed by atoms with E-state index in [-0.39, 0.29) is 6.54 Å². The Kier molecular flexibility index (Phi) is 3.30. The van der Waals surface area contributed by atoms with Crippen molar-refractivity contribution in [1.29, 1.82) is 0 Å². The number of nitrogens with one attached hydrogen (secondary N) is 1. The molecule has 1 nitrogen and oxygen atoms in total. The van der Waals surface area contributed by atoms with E-state index in [9.17, 15) is 13.2 Å². The summed E-state index contributed by atoms with van der Waals surface area (Å²) in [4.78, 5) is 0. The van der Waals surface area contributed by atoms with Crippen LogP contribution in [0, 0.1) is 0 Å². The normalized spacial score (nSPS) is 11.4. The van der Waals surface area contributed by atoms with Gasteiger partial charge in [0, 0.05) is 6.54 Å². The standard InChI is InChI=1S/C5H8F3N/c1-2-3-4-9-5(6,7)8/h2,9H,1,3-4H2. The molecule has 0 radical (unpaired) electrons. The zero-order chi connectivity index (χ0) is 7.33. The second-order valence-electron chi connectivity index (χ2n) is 1.50. The monoisotopic (exact) mass is 139 g/mol. The van der Waals surface area contributed by atoms with E-state index in [4.69, 9.17) is 0 Å². The Hall–Kier alpha value is -0.510. The van der Waals surface area contributed by atoms with Crippen LogP contribution in [0.3, 0.4) is 0 Å². The minimum atomic E-state index is -4.25. The molecule has 0 atom stereocenters. The molecule has 0 spiro atoms. The zero-order valence-corrected chi connectivity index (χ0v) is 4.83. The molecule has 0 saturated heterocycles. The van der Waals surface area contributed by atoms with Gasteiger partial charge in [-0.05, 0) is 6.42 Å². The molecule has 0 aromatic rings. The van der Waals surface area contributed by atoms with Crippen LogP contribution >= 0.6 is 0 Å². The lowest BCUT2D eigenvalue weighted by Crippen LogP contribution is -2.31. The minimum Gasteiger partial charge on any atom is -0.228 e. The quantitative estimate of drug-likeness (QED) is 0.356. The third-order valence-corrected chi connectivity index (χ3v) is 0.674. The average molecular weight is 139 g/mol. The van der Waals surface area contributed by atoms with Crippen LogP contribution in [0.5, 0.6) is 0 Å². The Bertz CT molecular complexity index is 86.7. The molecule has 0 amide bonds. The second kappa shape index (κ2) is 3.50. The summed E-state index contributed by atoms with van der Waals surface area (Å²) < 4.78 is 33.7. The van der Waals surface area contributed by atoms with Gasteiger partial charge in [0.05, 0.1) is 0 Å². The molecular formula is C5H8F3N. The van der Waals surface area contributed by atoms with E-state index in [0.717, 1.165) is 0 Å². The highest BCUT2D eigenvalue weighted by Crippen LogP contribution is 2.08. The highest BCUT2D eigenvalue weighted by Gasteiger charge is 2.24. The molecule has 0 aromatic heterocycles. The molecule has 0 aliphatic rings. The first-order valence-electron chi connectivity index (χ1n) is 2.49. The molecule has 0 aliphatic carbocycles. The summed E-state index contributed by atoms with van der Waals surface area (Å²) in [7, 11) is 0. The molecular weight excluding hydrogens is 131 g/mol. The molecule has 0 bridgehead atoms. The van der Waals surface area contributed by atoms with Crippen molar-refractivity contribution in [2.45, 2.75) is 12.7 Å². The van der Waals surface area contributed by atoms with Crippen molar-refractivity contribution < 1.29 is 13.2 Å². The Morgan fingerprint density at radius 2 is 2.00 bits per heavy atom. The summed E-state index contributed by atoms with van der Waals surface area (Å²) in [5.41, 5.74) is 0. The number of rotatable bonds is 3.